The van der Waals surface area contributed by atoms with Gasteiger partial charge in [-0.1, -0.05) is 0 Å². The van der Waals surface area contributed by atoms with Crippen molar-refractivity contribution in [2.75, 3.05) is 0 Å². The van der Waals surface area contributed by atoms with Gasteiger partial charge in [-0.15, -0.1) is 11.3 Å². The van der Waals surface area contributed by atoms with Crippen molar-refractivity contribution in [1.82, 2.24) is 0 Å². The molecule has 0 spiro atoms. The molecule has 0 radical (unpaired) electrons. The van der Waals surface area contributed by atoms with Crippen LogP contribution in [0.5, 0.6) is 0 Å². The van der Waals surface area contributed by atoms with E-state index in [-0.39, 0.29) is 10.6 Å². The van der Waals surface area contributed by atoms with Gasteiger partial charge in [-0.2, -0.15) is 0 Å². The second kappa shape index (κ2) is 4.35. The monoisotopic (exact) mass is 297 g/mol. The molecule has 0 saturated carbocycles. The predicted octanol–water partition coefficient (Wildman–Crippen LogP) is 4.39. The molecule has 16 heavy (non-hydrogen) atoms. The van der Waals surface area contributed by atoms with Crippen LogP contribution in [0.1, 0.15) is 5.56 Å². The van der Waals surface area contributed by atoms with Crippen molar-refractivity contribution in [1.29, 1.82) is 0 Å². The SMILES string of the molecule is Cc1cc(-c2ccc([N+](=O)[O-])cc2)sc1Br. The Kier molecular flexibility index (Phi) is 3.07. The predicted molar refractivity (Wildman–Crippen MR) is 68.8 cm³/mol. The number of benzene rings is 1. The Morgan fingerprint density at radius 1 is 1.31 bits per heavy atom. The third-order valence-corrected chi connectivity index (χ3v) is 4.41. The van der Waals surface area contributed by atoms with E-state index in [2.05, 4.69) is 22.0 Å². The summed E-state index contributed by atoms with van der Waals surface area (Å²) in [6.45, 7) is 2.02. The summed E-state index contributed by atoms with van der Waals surface area (Å²) in [4.78, 5) is 11.2. The quantitative estimate of drug-likeness (QED) is 0.609. The number of nitro groups is 1. The zero-order valence-electron chi connectivity index (χ0n) is 8.44. The van der Waals surface area contributed by atoms with Crippen LogP contribution in [-0.2, 0) is 0 Å². The molecule has 82 valence electrons. The average Bonchev–Trinajstić information content (AvgIpc) is 2.59. The summed E-state index contributed by atoms with van der Waals surface area (Å²) in [6.07, 6.45) is 0. The summed E-state index contributed by atoms with van der Waals surface area (Å²) in [6, 6.07) is 8.66. The largest absolute Gasteiger partial charge is 0.269 e. The Morgan fingerprint density at radius 2 is 1.94 bits per heavy atom. The van der Waals surface area contributed by atoms with Crippen molar-refractivity contribution in [3.05, 3.63) is 49.8 Å². The lowest BCUT2D eigenvalue weighted by atomic mass is 10.1. The molecule has 1 aromatic heterocycles. The van der Waals surface area contributed by atoms with Gasteiger partial charge in [0.1, 0.15) is 0 Å². The highest BCUT2D eigenvalue weighted by Crippen LogP contribution is 2.35. The second-order valence-electron chi connectivity index (χ2n) is 3.37. The summed E-state index contributed by atoms with van der Waals surface area (Å²) in [7, 11) is 0. The molecule has 0 atom stereocenters. The van der Waals surface area contributed by atoms with Crippen molar-refractivity contribution in [2.24, 2.45) is 0 Å². The highest BCUT2D eigenvalue weighted by molar-refractivity contribution is 9.11. The van der Waals surface area contributed by atoms with E-state index in [1.807, 2.05) is 6.92 Å². The van der Waals surface area contributed by atoms with Crippen LogP contribution in [0.25, 0.3) is 10.4 Å². The lowest BCUT2D eigenvalue weighted by molar-refractivity contribution is -0.384. The van der Waals surface area contributed by atoms with Gasteiger partial charge in [0, 0.05) is 17.0 Å². The summed E-state index contributed by atoms with van der Waals surface area (Å²) < 4.78 is 1.10. The fourth-order valence-corrected chi connectivity index (χ4v) is 2.89. The molecule has 0 aliphatic carbocycles. The van der Waals surface area contributed by atoms with Gasteiger partial charge in [0.15, 0.2) is 0 Å². The van der Waals surface area contributed by atoms with E-state index in [1.54, 1.807) is 23.5 Å². The van der Waals surface area contributed by atoms with Crippen molar-refractivity contribution in [3.63, 3.8) is 0 Å². The van der Waals surface area contributed by atoms with Crippen molar-refractivity contribution in [3.8, 4) is 10.4 Å². The topological polar surface area (TPSA) is 43.1 Å². The summed E-state index contributed by atoms with van der Waals surface area (Å²) in [5, 5.41) is 10.5. The average molecular weight is 298 g/mol. The van der Waals surface area contributed by atoms with Gasteiger partial charge in [-0.25, -0.2) is 0 Å². The minimum Gasteiger partial charge on any atom is -0.258 e. The first-order valence-electron chi connectivity index (χ1n) is 4.58. The maximum absolute atomic E-state index is 10.5. The standard InChI is InChI=1S/C11H8BrNO2S/c1-7-6-10(16-11(7)12)8-2-4-9(5-3-8)13(14)15/h2-6H,1H3. The molecule has 1 aromatic carbocycles. The molecule has 2 aromatic rings. The highest BCUT2D eigenvalue weighted by Gasteiger charge is 2.08. The summed E-state index contributed by atoms with van der Waals surface area (Å²) >= 11 is 5.09. The number of thiophene rings is 1. The molecule has 2 rings (SSSR count). The minimum absolute atomic E-state index is 0.121. The van der Waals surface area contributed by atoms with Gasteiger partial charge in [0.25, 0.3) is 5.69 Å². The Hall–Kier alpha value is -1.20. The van der Waals surface area contributed by atoms with E-state index >= 15 is 0 Å². The van der Waals surface area contributed by atoms with E-state index in [1.165, 1.54) is 17.7 Å². The van der Waals surface area contributed by atoms with E-state index < -0.39 is 0 Å². The van der Waals surface area contributed by atoms with Gasteiger partial charge >= 0.3 is 0 Å². The van der Waals surface area contributed by atoms with Crippen LogP contribution in [0.3, 0.4) is 0 Å². The van der Waals surface area contributed by atoms with Crippen molar-refractivity contribution < 1.29 is 4.92 Å². The Morgan fingerprint density at radius 3 is 2.38 bits per heavy atom. The van der Waals surface area contributed by atoms with E-state index in [4.69, 9.17) is 0 Å². The molecule has 0 aliphatic rings. The molecule has 0 N–H and O–H groups in total. The number of aryl methyl sites for hydroxylation is 1. The maximum Gasteiger partial charge on any atom is 0.269 e. The number of rotatable bonds is 2. The van der Waals surface area contributed by atoms with Gasteiger partial charge in [-0.05, 0) is 52.2 Å². The zero-order valence-corrected chi connectivity index (χ0v) is 10.8. The van der Waals surface area contributed by atoms with Crippen LogP contribution in [-0.4, -0.2) is 4.92 Å². The first-order chi connectivity index (χ1) is 7.58. The molecule has 5 heteroatoms. The first kappa shape index (κ1) is 11.3. The van der Waals surface area contributed by atoms with E-state index in [0.717, 1.165) is 14.2 Å². The maximum atomic E-state index is 10.5. The van der Waals surface area contributed by atoms with Crippen LogP contribution >= 0.6 is 27.3 Å². The number of non-ortho nitro benzene ring substituents is 1. The highest BCUT2D eigenvalue weighted by atomic mass is 79.9. The zero-order chi connectivity index (χ0) is 11.7. The van der Waals surface area contributed by atoms with Crippen LogP contribution in [0.2, 0.25) is 0 Å². The number of nitro benzene ring substituents is 1. The number of hydrogen-bond donors (Lipinski definition) is 0. The van der Waals surface area contributed by atoms with Gasteiger partial charge in [0.05, 0.1) is 8.71 Å². The van der Waals surface area contributed by atoms with Crippen LogP contribution in [0.15, 0.2) is 34.1 Å². The third kappa shape index (κ3) is 2.15. The molecule has 1 heterocycles. The molecule has 3 nitrogen and oxygen atoms in total. The smallest absolute Gasteiger partial charge is 0.258 e. The fraction of sp³-hybridized carbons (Fsp3) is 0.0909. The molecule has 0 saturated heterocycles. The van der Waals surface area contributed by atoms with Crippen molar-refractivity contribution in [2.45, 2.75) is 6.92 Å². The van der Waals surface area contributed by atoms with Gasteiger partial charge in [0.2, 0.25) is 0 Å². The molecule has 0 bridgehead atoms. The minimum atomic E-state index is -0.390. The van der Waals surface area contributed by atoms with Crippen molar-refractivity contribution >= 4 is 33.0 Å². The molecule has 0 amide bonds. The molecular weight excluding hydrogens is 290 g/mol. The van der Waals surface area contributed by atoms with E-state index in [9.17, 15) is 10.1 Å². The first-order valence-corrected chi connectivity index (χ1v) is 6.19. The van der Waals surface area contributed by atoms with Crippen LogP contribution < -0.4 is 0 Å². The molecule has 0 fully saturated rings. The molecule has 0 aliphatic heterocycles. The fourth-order valence-electron chi connectivity index (χ4n) is 1.35. The van der Waals surface area contributed by atoms with Gasteiger partial charge in [-0.3, -0.25) is 10.1 Å². The second-order valence-corrected chi connectivity index (χ2v) is 5.74. The molecule has 0 unspecified atom stereocenters. The Labute approximate surface area is 105 Å². The van der Waals surface area contributed by atoms with E-state index in [0.29, 0.717) is 0 Å². The summed E-state index contributed by atoms with van der Waals surface area (Å²) in [5.41, 5.74) is 2.30. The van der Waals surface area contributed by atoms with Crippen LogP contribution in [0, 0.1) is 17.0 Å². The lowest BCUT2D eigenvalue weighted by Gasteiger charge is -1.96. The number of halogens is 1. The number of nitrogens with zero attached hydrogens (tertiary/aromatic N) is 1. The summed E-state index contributed by atoms with van der Waals surface area (Å²) in [5.74, 6) is 0. The van der Waals surface area contributed by atoms with Crippen LogP contribution in [0.4, 0.5) is 5.69 Å². The Balaban J connectivity index is 2.38. The number of hydrogen-bond acceptors (Lipinski definition) is 3. The van der Waals surface area contributed by atoms with Gasteiger partial charge < -0.3 is 0 Å². The Bertz CT molecular complexity index is 514. The molecular formula is C11H8BrNO2S. The third-order valence-electron chi connectivity index (χ3n) is 2.22. The normalized spacial score (nSPS) is 10.4. The lowest BCUT2D eigenvalue weighted by Crippen LogP contribution is -1.86.